The lowest BCUT2D eigenvalue weighted by Gasteiger charge is -2.28. The van der Waals surface area contributed by atoms with Crippen LogP contribution in [-0.2, 0) is 4.84 Å². The molecular formula is C24H37N4O2+. The summed E-state index contributed by atoms with van der Waals surface area (Å²) in [7, 11) is 0. The maximum absolute atomic E-state index is 13.4. The van der Waals surface area contributed by atoms with Crippen molar-refractivity contribution < 1.29 is 14.6 Å². The molecule has 0 saturated heterocycles. The van der Waals surface area contributed by atoms with Crippen molar-refractivity contribution >= 4 is 23.5 Å². The summed E-state index contributed by atoms with van der Waals surface area (Å²) in [6, 6.07) is 10.4. The van der Waals surface area contributed by atoms with Gasteiger partial charge < -0.3 is 0 Å². The summed E-state index contributed by atoms with van der Waals surface area (Å²) >= 11 is 0. The van der Waals surface area contributed by atoms with Gasteiger partial charge in [-0.1, -0.05) is 43.1 Å². The Labute approximate surface area is 180 Å². The minimum atomic E-state index is -0.157. The number of carbonyl (C=O) groups excluding carboxylic acids is 1. The van der Waals surface area contributed by atoms with E-state index >= 15 is 0 Å². The molecule has 6 nitrogen and oxygen atoms in total. The van der Waals surface area contributed by atoms with E-state index in [0.717, 1.165) is 56.3 Å². The van der Waals surface area contributed by atoms with Gasteiger partial charge in [0, 0.05) is 5.69 Å². The second-order valence-corrected chi connectivity index (χ2v) is 8.51. The maximum Gasteiger partial charge on any atom is 0.480 e. The van der Waals surface area contributed by atoms with Gasteiger partial charge in [0.1, 0.15) is 6.04 Å². The molecule has 0 aromatic heterocycles. The normalized spacial score (nSPS) is 19.4. The topological polar surface area (TPSA) is 67.9 Å². The van der Waals surface area contributed by atoms with Crippen molar-refractivity contribution in [3.05, 3.63) is 30.3 Å². The third-order valence-corrected chi connectivity index (χ3v) is 6.13. The van der Waals surface area contributed by atoms with Gasteiger partial charge in [-0.25, -0.2) is 9.79 Å². The molecule has 0 radical (unpaired) electrons. The van der Waals surface area contributed by atoms with Gasteiger partial charge in [0.25, 0.3) is 0 Å². The van der Waals surface area contributed by atoms with E-state index in [1.54, 1.807) is 4.90 Å². The molecule has 0 aliphatic heterocycles. The van der Waals surface area contributed by atoms with Crippen LogP contribution in [0.3, 0.4) is 0 Å². The highest BCUT2D eigenvalue weighted by atomic mass is 16.6. The standard InChI is InChI=1S/C24H36N4O2/c1-3-19(2)27-30-24(26-21-15-9-5-10-16-21)28(22-17-11-6-12-18-22)23(29)25-20-13-7-4-8-14-20/h4,7-8,13-14,21-22H,3,5-6,9-12,15-18H2,1-2H3,(H,25,29)/p+1. The van der Waals surface area contributed by atoms with E-state index < -0.39 is 0 Å². The molecule has 2 fully saturated rings. The zero-order valence-corrected chi connectivity index (χ0v) is 18.5. The fourth-order valence-corrected chi connectivity index (χ4v) is 4.22. The lowest BCUT2D eigenvalue weighted by Crippen LogP contribution is -2.84. The molecule has 0 spiro atoms. The lowest BCUT2D eigenvalue weighted by atomic mass is 9.94. The molecule has 3 rings (SSSR count). The summed E-state index contributed by atoms with van der Waals surface area (Å²) in [5.74, 6) is 0. The van der Waals surface area contributed by atoms with Crippen LogP contribution in [0.15, 0.2) is 35.5 Å². The molecule has 2 aliphatic carbocycles. The number of anilines is 1. The highest BCUT2D eigenvalue weighted by molar-refractivity contribution is 5.99. The molecule has 0 atom stereocenters. The van der Waals surface area contributed by atoms with E-state index in [1.165, 1.54) is 25.7 Å². The molecule has 6 heteroatoms. The van der Waals surface area contributed by atoms with Crippen LogP contribution >= 0.6 is 0 Å². The number of amidine groups is 1. The predicted octanol–water partition coefficient (Wildman–Crippen LogP) is 4.43. The van der Waals surface area contributed by atoms with Crippen LogP contribution in [-0.4, -0.2) is 34.7 Å². The van der Waals surface area contributed by atoms with Crippen LogP contribution < -0.4 is 10.3 Å². The van der Waals surface area contributed by atoms with Crippen LogP contribution in [0.1, 0.15) is 84.5 Å². The van der Waals surface area contributed by atoms with E-state index in [2.05, 4.69) is 22.4 Å². The third-order valence-electron chi connectivity index (χ3n) is 6.13. The lowest BCUT2D eigenvalue weighted by molar-refractivity contribution is -0.522. The number of para-hydroxylation sites is 1. The molecule has 0 unspecified atom stereocenters. The Morgan fingerprint density at radius 3 is 2.33 bits per heavy atom. The van der Waals surface area contributed by atoms with Gasteiger partial charge in [-0.3, -0.25) is 10.2 Å². The van der Waals surface area contributed by atoms with Gasteiger partial charge in [0.05, 0.1) is 11.8 Å². The van der Waals surface area contributed by atoms with Gasteiger partial charge in [0.15, 0.2) is 0 Å². The minimum Gasteiger partial charge on any atom is -0.288 e. The molecular weight excluding hydrogens is 376 g/mol. The van der Waals surface area contributed by atoms with Crippen molar-refractivity contribution in [1.82, 2.24) is 4.90 Å². The second kappa shape index (κ2) is 11.7. The fraction of sp³-hybridized carbons (Fsp3) is 0.625. The molecule has 164 valence electrons. The monoisotopic (exact) mass is 413 g/mol. The summed E-state index contributed by atoms with van der Waals surface area (Å²) in [6.07, 6.45) is 12.2. The number of nitrogens with one attached hydrogen (secondary N) is 2. The van der Waals surface area contributed by atoms with Crippen molar-refractivity contribution in [3.8, 4) is 0 Å². The number of carbonyl (C=O) groups is 1. The number of oxime groups is 1. The number of rotatable bonds is 5. The van der Waals surface area contributed by atoms with E-state index in [0.29, 0.717) is 12.1 Å². The highest BCUT2D eigenvalue weighted by Crippen LogP contribution is 2.24. The van der Waals surface area contributed by atoms with Gasteiger partial charge in [-0.05, 0) is 76.8 Å². The summed E-state index contributed by atoms with van der Waals surface area (Å²) in [4.78, 5) is 24.7. The van der Waals surface area contributed by atoms with Crippen LogP contribution in [0.2, 0.25) is 0 Å². The van der Waals surface area contributed by atoms with Gasteiger partial charge in [0.2, 0.25) is 0 Å². The van der Waals surface area contributed by atoms with Crippen LogP contribution in [0.4, 0.5) is 10.5 Å². The first-order valence-corrected chi connectivity index (χ1v) is 11.7. The molecule has 1 aromatic rings. The van der Waals surface area contributed by atoms with Crippen molar-refractivity contribution in [2.24, 2.45) is 5.16 Å². The molecule has 2 saturated carbocycles. The highest BCUT2D eigenvalue weighted by Gasteiger charge is 2.39. The number of nitrogens with zero attached hydrogens (tertiary/aromatic N) is 2. The van der Waals surface area contributed by atoms with Crippen molar-refractivity contribution in [3.63, 3.8) is 0 Å². The van der Waals surface area contributed by atoms with E-state index in [9.17, 15) is 4.79 Å². The van der Waals surface area contributed by atoms with Crippen LogP contribution in [0.5, 0.6) is 0 Å². The zero-order chi connectivity index (χ0) is 21.2. The first-order valence-electron chi connectivity index (χ1n) is 11.7. The Kier molecular flexibility index (Phi) is 8.72. The van der Waals surface area contributed by atoms with E-state index in [1.807, 2.05) is 37.3 Å². The first kappa shape index (κ1) is 22.3. The number of benzene rings is 1. The second-order valence-electron chi connectivity index (χ2n) is 8.51. The summed E-state index contributed by atoms with van der Waals surface area (Å²) in [6.45, 7) is 4.00. The first-order chi connectivity index (χ1) is 14.7. The van der Waals surface area contributed by atoms with Crippen LogP contribution in [0.25, 0.3) is 0 Å². The molecule has 30 heavy (non-hydrogen) atoms. The van der Waals surface area contributed by atoms with Crippen molar-refractivity contribution in [2.75, 3.05) is 5.32 Å². The summed E-state index contributed by atoms with van der Waals surface area (Å²) in [5, 5.41) is 7.37. The van der Waals surface area contributed by atoms with Crippen molar-refractivity contribution in [1.29, 1.82) is 0 Å². The quantitative estimate of drug-likeness (QED) is 0.426. The average Bonchev–Trinajstić information content (AvgIpc) is 2.79. The maximum atomic E-state index is 13.4. The molecule has 1 aromatic carbocycles. The Morgan fingerprint density at radius 2 is 1.70 bits per heavy atom. The molecule has 0 heterocycles. The minimum absolute atomic E-state index is 0.116. The molecule has 2 aliphatic rings. The Bertz CT molecular complexity index is 720. The number of urea groups is 1. The van der Waals surface area contributed by atoms with Gasteiger partial charge in [-0.2, -0.15) is 0 Å². The number of hydrogen-bond acceptors (Lipinski definition) is 3. The fourth-order valence-electron chi connectivity index (χ4n) is 4.22. The third kappa shape index (κ3) is 6.57. The van der Waals surface area contributed by atoms with Gasteiger partial charge in [-0.15, -0.1) is 4.90 Å². The summed E-state index contributed by atoms with van der Waals surface area (Å²) < 4.78 is 0. The smallest absolute Gasteiger partial charge is 0.288 e. The molecule has 2 N–H and O–H groups in total. The Balaban J connectivity index is 1.89. The van der Waals surface area contributed by atoms with E-state index in [-0.39, 0.29) is 12.1 Å². The average molecular weight is 414 g/mol. The molecule has 0 bridgehead atoms. The number of hydrogen-bond donors (Lipinski definition) is 2. The molecule has 2 amide bonds. The Hall–Kier alpha value is -2.37. The van der Waals surface area contributed by atoms with Gasteiger partial charge >= 0.3 is 12.1 Å². The summed E-state index contributed by atoms with van der Waals surface area (Å²) in [5.41, 5.74) is 1.69. The Morgan fingerprint density at radius 1 is 1.07 bits per heavy atom. The van der Waals surface area contributed by atoms with Crippen LogP contribution in [0, 0.1) is 0 Å². The predicted molar refractivity (Wildman–Crippen MR) is 122 cm³/mol. The van der Waals surface area contributed by atoms with Crippen molar-refractivity contribution in [2.45, 2.75) is 96.6 Å². The number of amides is 2. The SMILES string of the molecule is CCC(C)=NOC(=[NH+]C1CCCCC1)N(C(=O)Nc1ccccc1)C1CCCCC1. The zero-order valence-electron chi connectivity index (χ0n) is 18.5. The largest absolute Gasteiger partial charge is 0.480 e. The van der Waals surface area contributed by atoms with E-state index in [4.69, 9.17) is 4.84 Å².